The third kappa shape index (κ3) is 5.06. The molecule has 2 nitrogen and oxygen atoms in total. The summed E-state index contributed by atoms with van der Waals surface area (Å²) in [4.78, 5) is 0. The highest BCUT2D eigenvalue weighted by Gasteiger charge is 2.44. The second-order valence-corrected chi connectivity index (χ2v) is 10.4. The van der Waals surface area contributed by atoms with Crippen LogP contribution < -0.4 is 5.32 Å². The van der Waals surface area contributed by atoms with Gasteiger partial charge in [0.1, 0.15) is 24.5 Å². The molecule has 2 N–H and O–H groups in total. The minimum Gasteiger partial charge on any atom is -0.492 e. The lowest BCUT2D eigenvalue weighted by atomic mass is 9.71. The van der Waals surface area contributed by atoms with Gasteiger partial charge in [-0.25, -0.2) is 4.39 Å². The van der Waals surface area contributed by atoms with E-state index in [1.807, 2.05) is 30.3 Å². The van der Waals surface area contributed by atoms with Crippen molar-refractivity contribution in [3.05, 3.63) is 94.4 Å². The number of halogens is 3. The monoisotopic (exact) mass is 474 g/mol. The summed E-state index contributed by atoms with van der Waals surface area (Å²) in [5, 5.41) is 3.23. The van der Waals surface area contributed by atoms with Crippen molar-refractivity contribution in [1.29, 1.82) is 0 Å². The number of quaternary nitrogens is 1. The van der Waals surface area contributed by atoms with E-state index in [2.05, 4.69) is 31.5 Å². The molecule has 1 saturated carbocycles. The molecule has 0 bridgehead atoms. The van der Waals surface area contributed by atoms with Crippen molar-refractivity contribution in [3.8, 4) is 0 Å². The van der Waals surface area contributed by atoms with Crippen LogP contribution in [0, 0.1) is 17.2 Å². The third-order valence-electron chi connectivity index (χ3n) is 7.11. The van der Waals surface area contributed by atoms with Crippen LogP contribution in [0.5, 0.6) is 0 Å². The molecule has 4 rings (SSSR count). The van der Waals surface area contributed by atoms with E-state index in [0.29, 0.717) is 17.5 Å². The Morgan fingerprint density at radius 2 is 1.97 bits per heavy atom. The molecule has 2 aromatic rings. The van der Waals surface area contributed by atoms with E-state index in [9.17, 15) is 4.39 Å². The maximum absolute atomic E-state index is 14.6. The molecule has 2 aliphatic rings. The Kier molecular flexibility index (Phi) is 7.00. The molecule has 2 aromatic carbocycles. The summed E-state index contributed by atoms with van der Waals surface area (Å²) in [5.74, 6) is 1.08. The smallest absolute Gasteiger partial charge is 0.142 e. The van der Waals surface area contributed by atoms with Crippen LogP contribution in [0.1, 0.15) is 55.7 Å². The molecule has 32 heavy (non-hydrogen) atoms. The van der Waals surface area contributed by atoms with Crippen LogP contribution in [0.15, 0.2) is 67.5 Å². The lowest BCUT2D eigenvalue weighted by Gasteiger charge is -2.35. The van der Waals surface area contributed by atoms with Crippen LogP contribution in [0.3, 0.4) is 0 Å². The van der Waals surface area contributed by atoms with E-state index in [1.165, 1.54) is 12.8 Å². The van der Waals surface area contributed by atoms with Crippen molar-refractivity contribution in [1.82, 2.24) is 0 Å². The molecule has 5 heteroatoms. The minimum atomic E-state index is -0.389. The lowest BCUT2D eigenvalue weighted by molar-refractivity contribution is -0.735. The van der Waals surface area contributed by atoms with Crippen molar-refractivity contribution >= 4 is 23.2 Å². The number of ether oxygens (including phenoxy) is 1. The Morgan fingerprint density at radius 3 is 2.62 bits per heavy atom. The largest absolute Gasteiger partial charge is 0.492 e. The molecule has 1 aliphatic carbocycles. The third-order valence-corrected chi connectivity index (χ3v) is 7.65. The molecule has 0 aromatic heterocycles. The zero-order chi connectivity index (χ0) is 22.9. The Balaban J connectivity index is 1.85. The molecule has 1 saturated heterocycles. The molecule has 2 fully saturated rings. The first-order valence-corrected chi connectivity index (χ1v) is 12.0. The Labute approximate surface area is 200 Å². The predicted octanol–water partition coefficient (Wildman–Crippen LogP) is 6.82. The van der Waals surface area contributed by atoms with E-state index >= 15 is 0 Å². The SMILES string of the molecule is C=CC[C@@]1(C)C[C@H](c2cccc(Cl)c2)[C@@H](c2ccc(Cl)c(F)c2)[NH2+][C@@H](C2CC2)COC1=C. The van der Waals surface area contributed by atoms with Crippen molar-refractivity contribution in [2.75, 3.05) is 6.61 Å². The molecule has 4 atom stereocenters. The minimum absolute atomic E-state index is 0.00975. The van der Waals surface area contributed by atoms with Crippen LogP contribution in [-0.4, -0.2) is 12.6 Å². The molecule has 0 spiro atoms. The molecule has 170 valence electrons. The van der Waals surface area contributed by atoms with Crippen molar-refractivity contribution in [2.45, 2.75) is 50.6 Å². The summed E-state index contributed by atoms with van der Waals surface area (Å²) in [6.07, 6.45) is 5.86. The average molecular weight is 475 g/mol. The normalized spacial score (nSPS) is 28.9. The zero-order valence-corrected chi connectivity index (χ0v) is 20.0. The average Bonchev–Trinajstić information content (AvgIpc) is 3.59. The van der Waals surface area contributed by atoms with Gasteiger partial charge in [0.05, 0.1) is 10.8 Å². The number of benzene rings is 2. The first kappa shape index (κ1) is 23.4. The van der Waals surface area contributed by atoms with Gasteiger partial charge in [-0.05, 0) is 55.5 Å². The maximum Gasteiger partial charge on any atom is 0.142 e. The van der Waals surface area contributed by atoms with Crippen LogP contribution >= 0.6 is 23.2 Å². The van der Waals surface area contributed by atoms with E-state index in [0.717, 1.165) is 29.7 Å². The van der Waals surface area contributed by atoms with E-state index in [-0.39, 0.29) is 34.3 Å². The van der Waals surface area contributed by atoms with E-state index < -0.39 is 0 Å². The van der Waals surface area contributed by atoms with Gasteiger partial charge in [0.2, 0.25) is 0 Å². The lowest BCUT2D eigenvalue weighted by Crippen LogP contribution is -2.93. The Bertz CT molecular complexity index is 1000. The number of hydrogen-bond donors (Lipinski definition) is 1. The van der Waals surface area contributed by atoms with Gasteiger partial charge < -0.3 is 10.1 Å². The van der Waals surface area contributed by atoms with Crippen molar-refractivity contribution in [2.24, 2.45) is 11.3 Å². The standard InChI is InChI=1S/C27H30Cl2FNO/c1-4-12-27(3)15-22(19-6-5-7-21(28)13-19)26(20-10-11-23(29)24(30)14-20)31-25(18-8-9-18)16-32-17(27)2/h4-7,10-11,13-14,18,22,25-26,31H,1-2,8-9,12,15-16H2,3H3/p+1/t22-,25-,26-,27+/m1/s1. The highest BCUT2D eigenvalue weighted by atomic mass is 35.5. The van der Waals surface area contributed by atoms with Gasteiger partial charge in [0.15, 0.2) is 0 Å². The van der Waals surface area contributed by atoms with Gasteiger partial charge in [-0.3, -0.25) is 0 Å². The fourth-order valence-electron chi connectivity index (χ4n) is 5.01. The summed E-state index contributed by atoms with van der Waals surface area (Å²) < 4.78 is 20.9. The predicted molar refractivity (Wildman–Crippen MR) is 129 cm³/mol. The highest BCUT2D eigenvalue weighted by molar-refractivity contribution is 6.31. The molecule has 1 heterocycles. The zero-order valence-electron chi connectivity index (χ0n) is 18.5. The fourth-order valence-corrected chi connectivity index (χ4v) is 5.33. The molecule has 0 unspecified atom stereocenters. The van der Waals surface area contributed by atoms with Gasteiger partial charge in [0.25, 0.3) is 0 Å². The first-order chi connectivity index (χ1) is 15.3. The topological polar surface area (TPSA) is 25.8 Å². The fraction of sp³-hybridized carbons (Fsp3) is 0.407. The summed E-state index contributed by atoms with van der Waals surface area (Å²) >= 11 is 12.4. The summed E-state index contributed by atoms with van der Waals surface area (Å²) in [5.41, 5.74) is 1.76. The number of allylic oxidation sites excluding steroid dienone is 2. The number of hydrogen-bond acceptors (Lipinski definition) is 1. The second kappa shape index (κ2) is 9.59. The van der Waals surface area contributed by atoms with Gasteiger partial charge in [0, 0.05) is 27.8 Å². The molecular formula is C27H31Cl2FNO+. The van der Waals surface area contributed by atoms with Gasteiger partial charge >= 0.3 is 0 Å². The Morgan fingerprint density at radius 1 is 1.19 bits per heavy atom. The maximum atomic E-state index is 14.6. The number of rotatable bonds is 5. The number of nitrogens with two attached hydrogens (primary N) is 1. The van der Waals surface area contributed by atoms with E-state index in [1.54, 1.807) is 12.1 Å². The summed E-state index contributed by atoms with van der Waals surface area (Å²) in [6, 6.07) is 13.5. The summed E-state index contributed by atoms with van der Waals surface area (Å²) in [6.45, 7) is 11.1. The first-order valence-electron chi connectivity index (χ1n) is 11.3. The van der Waals surface area contributed by atoms with Gasteiger partial charge in [-0.1, -0.05) is 61.0 Å². The second-order valence-electron chi connectivity index (χ2n) is 9.55. The van der Waals surface area contributed by atoms with Crippen molar-refractivity contribution < 1.29 is 14.4 Å². The van der Waals surface area contributed by atoms with Gasteiger partial charge in [-0.15, -0.1) is 6.58 Å². The summed E-state index contributed by atoms with van der Waals surface area (Å²) in [7, 11) is 0. The quantitative estimate of drug-likeness (QED) is 0.472. The highest BCUT2D eigenvalue weighted by Crippen LogP contribution is 2.46. The van der Waals surface area contributed by atoms with Crippen LogP contribution in [0.25, 0.3) is 0 Å². The molecule has 0 radical (unpaired) electrons. The molecular weight excluding hydrogens is 444 g/mol. The van der Waals surface area contributed by atoms with Crippen LogP contribution in [-0.2, 0) is 4.74 Å². The van der Waals surface area contributed by atoms with Crippen LogP contribution in [0.4, 0.5) is 4.39 Å². The van der Waals surface area contributed by atoms with Crippen molar-refractivity contribution in [3.63, 3.8) is 0 Å². The van der Waals surface area contributed by atoms with Crippen LogP contribution in [0.2, 0.25) is 10.0 Å². The Hall–Kier alpha value is -1.81. The van der Waals surface area contributed by atoms with Gasteiger partial charge in [-0.2, -0.15) is 0 Å². The van der Waals surface area contributed by atoms with E-state index in [4.69, 9.17) is 27.9 Å². The molecule has 0 amide bonds. The molecule has 1 aliphatic heterocycles.